The van der Waals surface area contributed by atoms with Gasteiger partial charge in [0, 0.05) is 0 Å². The number of allylic oxidation sites excluding steroid dienone is 2. The van der Waals surface area contributed by atoms with Gasteiger partial charge in [0.1, 0.15) is 5.75 Å². The first-order chi connectivity index (χ1) is 7.36. The van der Waals surface area contributed by atoms with Crippen LogP contribution in [0.3, 0.4) is 0 Å². The molecule has 1 rings (SSSR count). The van der Waals surface area contributed by atoms with Crippen LogP contribution in [0.2, 0.25) is 0 Å². The van der Waals surface area contributed by atoms with Gasteiger partial charge in [0.2, 0.25) is 0 Å². The van der Waals surface area contributed by atoms with Crippen molar-refractivity contribution in [2.24, 2.45) is 0 Å². The van der Waals surface area contributed by atoms with Gasteiger partial charge in [0.05, 0.1) is 5.48 Å². The van der Waals surface area contributed by atoms with Gasteiger partial charge in [0.25, 0.3) is 0 Å². The molecule has 0 aromatic heterocycles. The first-order valence-corrected chi connectivity index (χ1v) is 3.77. The third kappa shape index (κ3) is 2.79. The zero-order valence-corrected chi connectivity index (χ0v) is 7.23. The van der Waals surface area contributed by atoms with Crippen LogP contribution in [0.1, 0.15) is 24.9 Å². The van der Waals surface area contributed by atoms with E-state index in [1.165, 1.54) is 0 Å². The van der Waals surface area contributed by atoms with Crippen LogP contribution >= 0.6 is 0 Å². The minimum Gasteiger partial charge on any atom is -0.508 e. The SMILES string of the molecule is [2H]c1c([2H])c(CC=C(C)C)c([2H])c([2H])c1O. The van der Waals surface area contributed by atoms with Crippen LogP contribution in [0.15, 0.2) is 35.8 Å². The quantitative estimate of drug-likeness (QED) is 0.670. The monoisotopic (exact) mass is 166 g/mol. The molecular weight excluding hydrogens is 148 g/mol. The normalized spacial score (nSPS) is 14.2. The van der Waals surface area contributed by atoms with Crippen molar-refractivity contribution >= 4 is 0 Å². The minimum atomic E-state index is -0.587. The molecule has 0 fully saturated rings. The van der Waals surface area contributed by atoms with Gasteiger partial charge < -0.3 is 5.11 Å². The van der Waals surface area contributed by atoms with E-state index < -0.39 is 5.75 Å². The number of rotatable bonds is 2. The van der Waals surface area contributed by atoms with E-state index in [0.29, 0.717) is 12.0 Å². The molecule has 0 bridgehead atoms. The average molecular weight is 166 g/mol. The minimum absolute atomic E-state index is 0.170. The Hall–Kier alpha value is -1.24. The second-order valence-corrected chi connectivity index (χ2v) is 2.81. The Morgan fingerprint density at radius 2 is 2.00 bits per heavy atom. The van der Waals surface area contributed by atoms with Gasteiger partial charge in [-0.1, -0.05) is 23.7 Å². The second kappa shape index (κ2) is 3.96. The molecule has 0 saturated carbocycles. The van der Waals surface area contributed by atoms with Crippen LogP contribution in [0, 0.1) is 0 Å². The molecule has 1 nitrogen and oxygen atoms in total. The van der Waals surface area contributed by atoms with E-state index in [-0.39, 0.29) is 24.2 Å². The molecule has 0 amide bonds. The zero-order chi connectivity index (χ0) is 12.5. The van der Waals surface area contributed by atoms with Crippen LogP contribution in [0.5, 0.6) is 5.75 Å². The summed E-state index contributed by atoms with van der Waals surface area (Å²) in [4.78, 5) is 0. The summed E-state index contributed by atoms with van der Waals surface area (Å²) in [5.74, 6) is -0.587. The van der Waals surface area contributed by atoms with E-state index in [0.717, 1.165) is 5.57 Å². The van der Waals surface area contributed by atoms with Gasteiger partial charge in [-0.2, -0.15) is 0 Å². The Morgan fingerprint density at radius 1 is 1.42 bits per heavy atom. The molecule has 0 aliphatic rings. The van der Waals surface area contributed by atoms with Crippen LogP contribution in [0.25, 0.3) is 0 Å². The summed E-state index contributed by atoms with van der Waals surface area (Å²) in [7, 11) is 0. The van der Waals surface area contributed by atoms with E-state index in [1.54, 1.807) is 0 Å². The first kappa shape index (κ1) is 4.70. The molecule has 0 aliphatic carbocycles. The summed E-state index contributed by atoms with van der Waals surface area (Å²) < 4.78 is 30.2. The standard InChI is InChI=1S/C11H14O/c1-9(2)3-4-10-5-7-11(12)8-6-10/h3,5-8,12H,4H2,1-2H3/i5D,6D,7D,8D. The van der Waals surface area contributed by atoms with Crippen molar-refractivity contribution in [3.63, 3.8) is 0 Å². The summed E-state index contributed by atoms with van der Waals surface area (Å²) in [5, 5.41) is 9.34. The van der Waals surface area contributed by atoms with Crippen molar-refractivity contribution in [1.29, 1.82) is 0 Å². The summed E-state index contributed by atoms with van der Waals surface area (Å²) in [6.07, 6.45) is 2.18. The molecule has 12 heavy (non-hydrogen) atoms. The fourth-order valence-electron chi connectivity index (χ4n) is 0.740. The molecule has 1 aromatic carbocycles. The van der Waals surface area contributed by atoms with Gasteiger partial charge in [-0.05, 0) is 37.9 Å². The third-order valence-corrected chi connectivity index (χ3v) is 1.38. The van der Waals surface area contributed by atoms with E-state index in [4.69, 9.17) is 5.48 Å². The lowest BCUT2D eigenvalue weighted by molar-refractivity contribution is 0.475. The maximum absolute atomic E-state index is 9.34. The molecule has 0 spiro atoms. The van der Waals surface area contributed by atoms with Crippen molar-refractivity contribution in [3.8, 4) is 5.75 Å². The number of hydrogen-bond acceptors (Lipinski definition) is 1. The molecule has 1 N–H and O–H groups in total. The van der Waals surface area contributed by atoms with Crippen molar-refractivity contribution in [1.82, 2.24) is 0 Å². The molecule has 1 aromatic rings. The fraction of sp³-hybridized carbons (Fsp3) is 0.273. The van der Waals surface area contributed by atoms with Gasteiger partial charge in [-0.15, -0.1) is 0 Å². The smallest absolute Gasteiger partial charge is 0.115 e. The number of hydrogen-bond donors (Lipinski definition) is 1. The van der Waals surface area contributed by atoms with E-state index in [1.807, 2.05) is 19.9 Å². The number of benzene rings is 1. The molecule has 64 valence electrons. The topological polar surface area (TPSA) is 20.2 Å². The lowest BCUT2D eigenvalue weighted by atomic mass is 10.1. The van der Waals surface area contributed by atoms with E-state index >= 15 is 0 Å². The lowest BCUT2D eigenvalue weighted by Gasteiger charge is -1.96. The van der Waals surface area contributed by atoms with Crippen molar-refractivity contribution < 1.29 is 10.6 Å². The fourth-order valence-corrected chi connectivity index (χ4v) is 0.740. The first-order valence-electron chi connectivity index (χ1n) is 5.77. The predicted molar refractivity (Wildman–Crippen MR) is 51.2 cm³/mol. The average Bonchev–Trinajstić information content (AvgIpc) is 2.23. The Balaban J connectivity index is 3.34. The van der Waals surface area contributed by atoms with Crippen molar-refractivity contribution in [2.75, 3.05) is 0 Å². The number of phenols is 1. The van der Waals surface area contributed by atoms with E-state index in [2.05, 4.69) is 0 Å². The summed E-state index contributed by atoms with van der Waals surface area (Å²) in [5.41, 5.74) is 1.36. The van der Waals surface area contributed by atoms with E-state index in [9.17, 15) is 5.11 Å². The molecule has 0 unspecified atom stereocenters. The summed E-state index contributed by atoms with van der Waals surface area (Å²) in [6, 6.07) is -1.09. The van der Waals surface area contributed by atoms with Crippen molar-refractivity contribution in [2.45, 2.75) is 20.3 Å². The number of aromatic hydroxyl groups is 1. The highest BCUT2D eigenvalue weighted by atomic mass is 16.3. The molecule has 0 atom stereocenters. The molecule has 0 aliphatic heterocycles. The zero-order valence-electron chi connectivity index (χ0n) is 11.2. The van der Waals surface area contributed by atoms with Gasteiger partial charge >= 0.3 is 0 Å². The van der Waals surface area contributed by atoms with Crippen LogP contribution < -0.4 is 0 Å². The highest BCUT2D eigenvalue weighted by Crippen LogP contribution is 2.10. The van der Waals surface area contributed by atoms with Crippen LogP contribution in [0.4, 0.5) is 0 Å². The maximum Gasteiger partial charge on any atom is 0.115 e. The predicted octanol–water partition coefficient (Wildman–Crippen LogP) is 2.90. The highest BCUT2D eigenvalue weighted by Gasteiger charge is 1.89. The molecule has 0 radical (unpaired) electrons. The molecular formula is C11H14O. The van der Waals surface area contributed by atoms with Gasteiger partial charge in [0.15, 0.2) is 0 Å². The Kier molecular flexibility index (Phi) is 1.55. The highest BCUT2D eigenvalue weighted by molar-refractivity contribution is 5.27. The van der Waals surface area contributed by atoms with Gasteiger partial charge in [-0.25, -0.2) is 0 Å². The third-order valence-electron chi connectivity index (χ3n) is 1.38. The maximum atomic E-state index is 9.34. The molecule has 0 heterocycles. The van der Waals surface area contributed by atoms with Crippen LogP contribution in [-0.2, 0) is 6.42 Å². The Morgan fingerprint density at radius 3 is 2.50 bits per heavy atom. The second-order valence-electron chi connectivity index (χ2n) is 2.81. The van der Waals surface area contributed by atoms with Crippen molar-refractivity contribution in [3.05, 3.63) is 41.4 Å². The Bertz CT molecular complexity index is 419. The summed E-state index contributed by atoms with van der Waals surface area (Å²) in [6.45, 7) is 3.80. The lowest BCUT2D eigenvalue weighted by Crippen LogP contribution is -1.80. The van der Waals surface area contributed by atoms with Gasteiger partial charge in [-0.3, -0.25) is 0 Å². The Labute approximate surface area is 79.0 Å². The largest absolute Gasteiger partial charge is 0.508 e. The number of phenolic OH excluding ortho intramolecular Hbond substituents is 1. The van der Waals surface area contributed by atoms with Crippen LogP contribution in [-0.4, -0.2) is 5.11 Å². The molecule has 1 heteroatoms. The summed E-state index contributed by atoms with van der Waals surface area (Å²) >= 11 is 0. The molecule has 0 saturated heterocycles.